The molecule has 1 rings (SSSR count). The minimum atomic E-state index is -0.382. The maximum absolute atomic E-state index is 13.1. The van der Waals surface area contributed by atoms with Crippen LogP contribution in [0.4, 0.5) is 10.1 Å². The van der Waals surface area contributed by atoms with Crippen LogP contribution in [0, 0.1) is 12.7 Å². The van der Waals surface area contributed by atoms with E-state index in [1.165, 1.54) is 13.2 Å². The van der Waals surface area contributed by atoms with Crippen LogP contribution in [0.3, 0.4) is 0 Å². The molecule has 4 heteroatoms. The number of hydrogen-bond acceptors (Lipinski definition) is 2. The zero-order chi connectivity index (χ0) is 8.43. The molecule has 2 nitrogen and oxygen atoms in total. The Kier molecular flexibility index (Phi) is 4.07. The molecule has 0 aromatic heterocycles. The smallest absolute Gasteiger partial charge is 0.169 e. The first-order valence-corrected chi connectivity index (χ1v) is 3.25. The van der Waals surface area contributed by atoms with Crippen LogP contribution in [0.5, 0.6) is 5.75 Å². The van der Waals surface area contributed by atoms with Crippen molar-refractivity contribution in [3.05, 3.63) is 23.5 Å². The zero-order valence-electron chi connectivity index (χ0n) is 6.87. The van der Waals surface area contributed by atoms with Gasteiger partial charge in [-0.15, -0.1) is 0 Å². The maximum atomic E-state index is 13.1. The topological polar surface area (TPSA) is 35.2 Å². The fourth-order valence-corrected chi connectivity index (χ4v) is 0.833. The van der Waals surface area contributed by atoms with Crippen molar-refractivity contribution in [1.82, 2.24) is 0 Å². The molecule has 0 aliphatic rings. The Balaban J connectivity index is 0.00000121. The van der Waals surface area contributed by atoms with Gasteiger partial charge in [0.05, 0.1) is 7.11 Å². The van der Waals surface area contributed by atoms with Gasteiger partial charge in [0.1, 0.15) is 0 Å². The summed E-state index contributed by atoms with van der Waals surface area (Å²) in [5.74, 6) is -0.149. The molecule has 0 fully saturated rings. The second-order valence-corrected chi connectivity index (χ2v) is 2.30. The van der Waals surface area contributed by atoms with E-state index in [9.17, 15) is 4.39 Å². The van der Waals surface area contributed by atoms with Crippen LogP contribution in [0.1, 0.15) is 5.56 Å². The van der Waals surface area contributed by atoms with E-state index in [2.05, 4.69) is 0 Å². The third kappa shape index (κ3) is 1.90. The van der Waals surface area contributed by atoms with Gasteiger partial charge in [-0.1, -0.05) is 0 Å². The van der Waals surface area contributed by atoms with E-state index in [0.717, 1.165) is 0 Å². The molecule has 0 bridgehead atoms. The van der Waals surface area contributed by atoms with Crippen molar-refractivity contribution in [2.75, 3.05) is 12.8 Å². The normalized spacial score (nSPS) is 8.92. The van der Waals surface area contributed by atoms with Gasteiger partial charge >= 0.3 is 0 Å². The van der Waals surface area contributed by atoms with Gasteiger partial charge in [-0.05, 0) is 19.1 Å². The molecule has 0 aliphatic carbocycles. The molecule has 1 aromatic rings. The van der Waals surface area contributed by atoms with Crippen molar-refractivity contribution in [1.29, 1.82) is 0 Å². The van der Waals surface area contributed by atoms with Gasteiger partial charge in [0.15, 0.2) is 11.6 Å². The first kappa shape index (κ1) is 11.3. The summed E-state index contributed by atoms with van der Waals surface area (Å²) in [6.07, 6.45) is 0. The molecule has 12 heavy (non-hydrogen) atoms. The molecule has 0 unspecified atom stereocenters. The van der Waals surface area contributed by atoms with Crippen LogP contribution in [0.2, 0.25) is 0 Å². The fourth-order valence-electron chi connectivity index (χ4n) is 0.833. The van der Waals surface area contributed by atoms with Gasteiger partial charge in [0, 0.05) is 28.3 Å². The number of nitrogens with two attached hydrogens (primary N) is 1. The third-order valence-corrected chi connectivity index (χ3v) is 1.61. The molecule has 68 valence electrons. The predicted octanol–water partition coefficient (Wildman–Crippen LogP) is 1.72. The largest absolute Gasteiger partial charge is 0.494 e. The van der Waals surface area contributed by atoms with Crippen LogP contribution < -0.4 is 10.5 Å². The monoisotopic (exact) mass is 211 g/mol. The van der Waals surface area contributed by atoms with E-state index in [-0.39, 0.29) is 28.6 Å². The van der Waals surface area contributed by atoms with Crippen LogP contribution in [0.15, 0.2) is 12.1 Å². The molecule has 0 saturated carbocycles. The molecular formula is C8H10FFeNO. The molecule has 0 amide bonds. The van der Waals surface area contributed by atoms with Crippen molar-refractivity contribution < 1.29 is 26.2 Å². The van der Waals surface area contributed by atoms with Gasteiger partial charge in [-0.3, -0.25) is 0 Å². The van der Waals surface area contributed by atoms with Crippen molar-refractivity contribution in [2.24, 2.45) is 0 Å². The summed E-state index contributed by atoms with van der Waals surface area (Å²) >= 11 is 0. The summed E-state index contributed by atoms with van der Waals surface area (Å²) in [5, 5.41) is 0. The van der Waals surface area contributed by atoms with Gasteiger partial charge < -0.3 is 10.5 Å². The number of anilines is 1. The van der Waals surface area contributed by atoms with Crippen LogP contribution >= 0.6 is 0 Å². The standard InChI is InChI=1S/C8H10FNO.Fe/c1-5-6(10)3-4-7(11-2)8(5)9;/h3-4H,10H2,1-2H3;. The minimum absolute atomic E-state index is 0. The van der Waals surface area contributed by atoms with E-state index in [1.807, 2.05) is 0 Å². The number of nitrogen functional groups attached to an aromatic ring is 1. The Bertz CT molecular complexity index is 278. The Morgan fingerprint density at radius 2 is 2.00 bits per heavy atom. The van der Waals surface area contributed by atoms with E-state index in [1.54, 1.807) is 13.0 Å². The molecular weight excluding hydrogens is 201 g/mol. The van der Waals surface area contributed by atoms with Crippen molar-refractivity contribution in [3.8, 4) is 5.75 Å². The first-order chi connectivity index (χ1) is 5.16. The average molecular weight is 211 g/mol. The fraction of sp³-hybridized carbons (Fsp3) is 0.250. The Morgan fingerprint density at radius 3 is 2.50 bits per heavy atom. The Labute approximate surface area is 81.4 Å². The molecule has 1 aromatic carbocycles. The number of rotatable bonds is 1. The molecule has 0 spiro atoms. The maximum Gasteiger partial charge on any atom is 0.169 e. The van der Waals surface area contributed by atoms with Crippen molar-refractivity contribution >= 4 is 5.69 Å². The number of methoxy groups -OCH3 is 1. The number of hydrogen-bond donors (Lipinski definition) is 1. The zero-order valence-corrected chi connectivity index (χ0v) is 7.98. The number of benzene rings is 1. The van der Waals surface area contributed by atoms with Crippen LogP contribution in [0.25, 0.3) is 0 Å². The van der Waals surface area contributed by atoms with Gasteiger partial charge in [0.2, 0.25) is 0 Å². The van der Waals surface area contributed by atoms with Gasteiger partial charge in [0.25, 0.3) is 0 Å². The molecule has 0 atom stereocenters. The molecule has 0 heterocycles. The predicted molar refractivity (Wildman–Crippen MR) is 42.1 cm³/mol. The molecule has 0 radical (unpaired) electrons. The Morgan fingerprint density at radius 1 is 1.42 bits per heavy atom. The third-order valence-electron chi connectivity index (χ3n) is 1.61. The van der Waals surface area contributed by atoms with Crippen LogP contribution in [-0.4, -0.2) is 7.11 Å². The van der Waals surface area contributed by atoms with E-state index >= 15 is 0 Å². The summed E-state index contributed by atoms with van der Waals surface area (Å²) in [6.45, 7) is 1.62. The average Bonchev–Trinajstić information content (AvgIpc) is 2.01. The van der Waals surface area contributed by atoms with E-state index < -0.39 is 0 Å². The quantitative estimate of drug-likeness (QED) is 0.566. The SMILES string of the molecule is COc1ccc(N)c(C)c1F.[Fe]. The second kappa shape index (κ2) is 4.33. The molecule has 0 aliphatic heterocycles. The minimum Gasteiger partial charge on any atom is -0.494 e. The van der Waals surface area contributed by atoms with Gasteiger partial charge in [-0.2, -0.15) is 0 Å². The number of halogens is 1. The van der Waals surface area contributed by atoms with Crippen LogP contribution in [-0.2, 0) is 17.1 Å². The summed E-state index contributed by atoms with van der Waals surface area (Å²) in [4.78, 5) is 0. The summed E-state index contributed by atoms with van der Waals surface area (Å²) < 4.78 is 17.8. The van der Waals surface area contributed by atoms with E-state index in [0.29, 0.717) is 11.3 Å². The molecule has 2 N–H and O–H groups in total. The number of ether oxygens (including phenoxy) is 1. The van der Waals surface area contributed by atoms with E-state index in [4.69, 9.17) is 10.5 Å². The Hall–Kier alpha value is -0.731. The second-order valence-electron chi connectivity index (χ2n) is 2.30. The summed E-state index contributed by atoms with van der Waals surface area (Å²) in [6, 6.07) is 3.13. The summed E-state index contributed by atoms with van der Waals surface area (Å²) in [5.41, 5.74) is 6.33. The summed E-state index contributed by atoms with van der Waals surface area (Å²) in [7, 11) is 1.42. The first-order valence-electron chi connectivity index (χ1n) is 3.25. The van der Waals surface area contributed by atoms with Crippen molar-refractivity contribution in [3.63, 3.8) is 0 Å². The molecule has 0 saturated heterocycles. The van der Waals surface area contributed by atoms with Crippen molar-refractivity contribution in [2.45, 2.75) is 6.92 Å². The van der Waals surface area contributed by atoms with Gasteiger partial charge in [-0.25, -0.2) is 4.39 Å².